The number of aryl methyl sites for hydroxylation is 2. The van der Waals surface area contributed by atoms with Crippen molar-refractivity contribution in [2.75, 3.05) is 12.4 Å². The second kappa shape index (κ2) is 6.31. The van der Waals surface area contributed by atoms with Gasteiger partial charge in [0, 0.05) is 12.1 Å². The van der Waals surface area contributed by atoms with Crippen molar-refractivity contribution in [2.45, 2.75) is 20.4 Å². The maximum atomic E-state index is 11.3. The van der Waals surface area contributed by atoms with Gasteiger partial charge in [-0.2, -0.15) is 0 Å². The van der Waals surface area contributed by atoms with Gasteiger partial charge in [-0.15, -0.1) is 0 Å². The number of methoxy groups -OCH3 is 1. The number of primary amides is 1. The lowest BCUT2D eigenvalue weighted by Crippen LogP contribution is -2.12. The van der Waals surface area contributed by atoms with Crippen LogP contribution >= 0.6 is 0 Å². The summed E-state index contributed by atoms with van der Waals surface area (Å²) in [6.45, 7) is 4.83. The largest absolute Gasteiger partial charge is 0.495 e. The summed E-state index contributed by atoms with van der Waals surface area (Å²) in [5.74, 6) is 0.235. The highest BCUT2D eigenvalue weighted by atomic mass is 16.5. The highest BCUT2D eigenvalue weighted by Crippen LogP contribution is 2.26. The zero-order valence-corrected chi connectivity index (χ0v) is 12.6. The first-order valence-electron chi connectivity index (χ1n) is 6.79. The molecule has 0 saturated carbocycles. The van der Waals surface area contributed by atoms with E-state index in [-0.39, 0.29) is 0 Å². The van der Waals surface area contributed by atoms with Crippen LogP contribution in [0.4, 0.5) is 5.69 Å². The molecule has 0 spiro atoms. The number of carbonyl (C=O) groups is 1. The standard InChI is InChI=1S/C17H20N2O2/c1-11-5-4-6-12(2)14(11)10-19-15-9-13(17(18)20)7-8-16(15)21-3/h4-9,19H,10H2,1-3H3,(H2,18,20). The van der Waals surface area contributed by atoms with Crippen molar-refractivity contribution in [1.29, 1.82) is 0 Å². The van der Waals surface area contributed by atoms with E-state index in [9.17, 15) is 4.79 Å². The van der Waals surface area contributed by atoms with E-state index < -0.39 is 5.91 Å². The molecule has 1 amide bonds. The SMILES string of the molecule is COc1ccc(C(N)=O)cc1NCc1c(C)cccc1C. The van der Waals surface area contributed by atoms with Gasteiger partial charge in [-0.25, -0.2) is 0 Å². The van der Waals surface area contributed by atoms with Crippen LogP contribution in [0, 0.1) is 13.8 Å². The van der Waals surface area contributed by atoms with Crippen LogP contribution < -0.4 is 15.8 Å². The monoisotopic (exact) mass is 284 g/mol. The topological polar surface area (TPSA) is 64.3 Å². The minimum Gasteiger partial charge on any atom is -0.495 e. The van der Waals surface area contributed by atoms with E-state index in [0.29, 0.717) is 17.9 Å². The highest BCUT2D eigenvalue weighted by Gasteiger charge is 2.09. The third-order valence-corrected chi connectivity index (χ3v) is 3.58. The predicted octanol–water partition coefficient (Wildman–Crippen LogP) is 3.02. The van der Waals surface area contributed by atoms with Gasteiger partial charge in [-0.3, -0.25) is 4.79 Å². The molecule has 0 atom stereocenters. The van der Waals surface area contributed by atoms with Crippen molar-refractivity contribution in [1.82, 2.24) is 0 Å². The summed E-state index contributed by atoms with van der Waals surface area (Å²) in [5, 5.41) is 3.32. The quantitative estimate of drug-likeness (QED) is 0.887. The second-order valence-electron chi connectivity index (χ2n) is 5.00. The van der Waals surface area contributed by atoms with Crippen LogP contribution in [0.3, 0.4) is 0 Å². The molecule has 0 aromatic heterocycles. The van der Waals surface area contributed by atoms with Gasteiger partial charge in [0.25, 0.3) is 0 Å². The molecular weight excluding hydrogens is 264 g/mol. The number of carbonyl (C=O) groups excluding carboxylic acids is 1. The van der Waals surface area contributed by atoms with E-state index in [4.69, 9.17) is 10.5 Å². The van der Waals surface area contributed by atoms with Crippen molar-refractivity contribution in [3.8, 4) is 5.75 Å². The molecule has 21 heavy (non-hydrogen) atoms. The van der Waals surface area contributed by atoms with Crippen molar-refractivity contribution < 1.29 is 9.53 Å². The maximum Gasteiger partial charge on any atom is 0.248 e. The Labute approximate surface area is 124 Å². The Morgan fingerprint density at radius 1 is 1.19 bits per heavy atom. The molecular formula is C17H20N2O2. The molecule has 4 heteroatoms. The van der Waals surface area contributed by atoms with Gasteiger partial charge >= 0.3 is 0 Å². The average Bonchev–Trinajstić information content (AvgIpc) is 2.46. The summed E-state index contributed by atoms with van der Waals surface area (Å²) in [4.78, 5) is 11.3. The molecule has 2 rings (SSSR count). The molecule has 4 nitrogen and oxygen atoms in total. The first-order valence-corrected chi connectivity index (χ1v) is 6.79. The normalized spacial score (nSPS) is 10.2. The number of benzene rings is 2. The number of rotatable bonds is 5. The number of hydrogen-bond acceptors (Lipinski definition) is 3. The van der Waals surface area contributed by atoms with Gasteiger partial charge in [-0.05, 0) is 48.7 Å². The average molecular weight is 284 g/mol. The van der Waals surface area contributed by atoms with Gasteiger partial charge in [-0.1, -0.05) is 18.2 Å². The lowest BCUT2D eigenvalue weighted by Gasteiger charge is -2.15. The molecule has 0 fully saturated rings. The van der Waals surface area contributed by atoms with E-state index in [1.165, 1.54) is 16.7 Å². The molecule has 0 saturated heterocycles. The van der Waals surface area contributed by atoms with E-state index in [2.05, 4.69) is 31.3 Å². The number of anilines is 1. The third-order valence-electron chi connectivity index (χ3n) is 3.58. The molecule has 0 aliphatic heterocycles. The zero-order chi connectivity index (χ0) is 15.4. The van der Waals surface area contributed by atoms with Crippen molar-refractivity contribution >= 4 is 11.6 Å². The fraction of sp³-hybridized carbons (Fsp3) is 0.235. The summed E-state index contributed by atoms with van der Waals surface area (Å²) in [6.07, 6.45) is 0. The summed E-state index contributed by atoms with van der Waals surface area (Å²) >= 11 is 0. The van der Waals surface area contributed by atoms with Crippen LogP contribution in [0.2, 0.25) is 0 Å². The van der Waals surface area contributed by atoms with E-state index >= 15 is 0 Å². The summed E-state index contributed by atoms with van der Waals surface area (Å²) < 4.78 is 5.31. The first-order chi connectivity index (χ1) is 10.0. The Morgan fingerprint density at radius 2 is 1.86 bits per heavy atom. The van der Waals surface area contributed by atoms with Gasteiger partial charge in [0.05, 0.1) is 12.8 Å². The van der Waals surface area contributed by atoms with Gasteiger partial charge in [0.15, 0.2) is 0 Å². The molecule has 0 radical (unpaired) electrons. The van der Waals surface area contributed by atoms with Crippen LogP contribution in [0.15, 0.2) is 36.4 Å². The highest BCUT2D eigenvalue weighted by molar-refractivity contribution is 5.94. The molecule has 3 N–H and O–H groups in total. The van der Waals surface area contributed by atoms with E-state index in [1.54, 1.807) is 25.3 Å². The Hall–Kier alpha value is -2.49. The maximum absolute atomic E-state index is 11.3. The number of ether oxygens (including phenoxy) is 1. The van der Waals surface area contributed by atoms with Crippen molar-refractivity contribution in [3.63, 3.8) is 0 Å². The first kappa shape index (κ1) is 14.9. The van der Waals surface area contributed by atoms with Crippen LogP contribution in [0.5, 0.6) is 5.75 Å². The predicted molar refractivity (Wildman–Crippen MR) is 84.8 cm³/mol. The molecule has 0 aliphatic carbocycles. The lowest BCUT2D eigenvalue weighted by molar-refractivity contribution is 0.100. The van der Waals surface area contributed by atoms with Gasteiger partial charge in [0.2, 0.25) is 5.91 Å². The van der Waals surface area contributed by atoms with Gasteiger partial charge < -0.3 is 15.8 Å². The number of nitrogens with two attached hydrogens (primary N) is 1. The van der Waals surface area contributed by atoms with Crippen molar-refractivity contribution in [2.24, 2.45) is 5.73 Å². The minimum absolute atomic E-state index is 0.451. The molecule has 2 aromatic carbocycles. The van der Waals surface area contributed by atoms with Crippen LogP contribution in [0.1, 0.15) is 27.0 Å². The Balaban J connectivity index is 2.26. The van der Waals surface area contributed by atoms with Gasteiger partial charge in [0.1, 0.15) is 5.75 Å². The van der Waals surface area contributed by atoms with Crippen LogP contribution in [-0.2, 0) is 6.54 Å². The molecule has 2 aromatic rings. The molecule has 0 unspecified atom stereocenters. The number of amides is 1. The second-order valence-corrected chi connectivity index (χ2v) is 5.00. The Kier molecular flexibility index (Phi) is 4.48. The zero-order valence-electron chi connectivity index (χ0n) is 12.6. The molecule has 110 valence electrons. The van der Waals surface area contributed by atoms with E-state index in [0.717, 1.165) is 5.69 Å². The number of nitrogens with one attached hydrogen (secondary N) is 1. The van der Waals surface area contributed by atoms with Crippen LogP contribution in [-0.4, -0.2) is 13.0 Å². The van der Waals surface area contributed by atoms with Crippen molar-refractivity contribution in [3.05, 3.63) is 58.7 Å². The summed E-state index contributed by atoms with van der Waals surface area (Å²) in [7, 11) is 1.60. The Morgan fingerprint density at radius 3 is 2.43 bits per heavy atom. The summed E-state index contributed by atoms with van der Waals surface area (Å²) in [5.41, 5.74) is 10.2. The number of hydrogen-bond donors (Lipinski definition) is 2. The fourth-order valence-electron chi connectivity index (χ4n) is 2.31. The third kappa shape index (κ3) is 3.34. The molecule has 0 bridgehead atoms. The Bertz CT molecular complexity index is 646. The summed E-state index contributed by atoms with van der Waals surface area (Å²) in [6, 6.07) is 11.3. The van der Waals surface area contributed by atoms with E-state index in [1.807, 2.05) is 6.07 Å². The minimum atomic E-state index is -0.451. The molecule has 0 heterocycles. The smallest absolute Gasteiger partial charge is 0.248 e. The van der Waals surface area contributed by atoms with Crippen LogP contribution in [0.25, 0.3) is 0 Å². The lowest BCUT2D eigenvalue weighted by atomic mass is 10.0. The molecule has 0 aliphatic rings. The fourth-order valence-corrected chi connectivity index (χ4v) is 2.31.